The van der Waals surface area contributed by atoms with Crippen molar-refractivity contribution in [3.63, 3.8) is 0 Å². The van der Waals surface area contributed by atoms with Crippen LogP contribution in [0.1, 0.15) is 18.9 Å². The van der Waals surface area contributed by atoms with E-state index in [2.05, 4.69) is 5.32 Å². The van der Waals surface area contributed by atoms with Crippen LogP contribution in [0.2, 0.25) is 0 Å². The maximum atomic E-state index is 11.4. The highest BCUT2D eigenvalue weighted by molar-refractivity contribution is 5.85. The molecule has 0 bridgehead atoms. The molecule has 2 atom stereocenters. The van der Waals surface area contributed by atoms with Gasteiger partial charge in [-0.1, -0.05) is 30.3 Å². The highest BCUT2D eigenvalue weighted by Gasteiger charge is 2.21. The highest BCUT2D eigenvalue weighted by Crippen LogP contribution is 2.06. The number of hydrogen-bond donors (Lipinski definition) is 3. The quantitative estimate of drug-likeness (QED) is 0.719. The van der Waals surface area contributed by atoms with Gasteiger partial charge in [-0.05, 0) is 25.3 Å². The molecule has 0 saturated carbocycles. The van der Waals surface area contributed by atoms with E-state index in [1.165, 1.54) is 0 Å². The van der Waals surface area contributed by atoms with E-state index >= 15 is 0 Å². The van der Waals surface area contributed by atoms with Gasteiger partial charge in [0.05, 0.1) is 0 Å². The van der Waals surface area contributed by atoms with Gasteiger partial charge in [0.1, 0.15) is 6.10 Å². The minimum Gasteiger partial charge on any atom is -0.382 e. The molecule has 4 nitrogen and oxygen atoms in total. The van der Waals surface area contributed by atoms with Crippen LogP contribution in [0.3, 0.4) is 0 Å². The van der Waals surface area contributed by atoms with Gasteiger partial charge in [-0.2, -0.15) is 0 Å². The average Bonchev–Trinajstić information content (AvgIpc) is 2.36. The van der Waals surface area contributed by atoms with Crippen molar-refractivity contribution in [2.24, 2.45) is 5.73 Å². The van der Waals surface area contributed by atoms with Crippen molar-refractivity contribution >= 4 is 18.3 Å². The van der Waals surface area contributed by atoms with Crippen molar-refractivity contribution < 1.29 is 9.90 Å². The molecule has 1 aromatic rings. The van der Waals surface area contributed by atoms with Crippen LogP contribution >= 0.6 is 12.4 Å². The Hall–Kier alpha value is -1.10. The van der Waals surface area contributed by atoms with Gasteiger partial charge in [-0.15, -0.1) is 12.4 Å². The number of hydrogen-bond acceptors (Lipinski definition) is 3. The minimum atomic E-state index is -1.13. The first-order valence-corrected chi connectivity index (χ1v) is 5.90. The molecule has 0 saturated heterocycles. The Morgan fingerprint density at radius 3 is 2.56 bits per heavy atom. The first kappa shape index (κ1) is 16.9. The molecule has 0 aliphatic rings. The maximum Gasteiger partial charge on any atom is 0.250 e. The van der Waals surface area contributed by atoms with Gasteiger partial charge in [0.25, 0.3) is 0 Å². The molecular weight excluding hydrogens is 252 g/mol. The molecule has 1 rings (SSSR count). The Morgan fingerprint density at radius 2 is 2.00 bits per heavy atom. The van der Waals surface area contributed by atoms with Crippen LogP contribution in [0, 0.1) is 0 Å². The van der Waals surface area contributed by atoms with E-state index in [1.807, 2.05) is 30.3 Å². The number of aliphatic hydroxyl groups excluding tert-OH is 1. The number of amides is 1. The number of rotatable bonds is 6. The molecule has 18 heavy (non-hydrogen) atoms. The van der Waals surface area contributed by atoms with E-state index < -0.39 is 18.1 Å². The molecule has 0 fully saturated rings. The molecule has 0 heterocycles. The first-order chi connectivity index (χ1) is 8.15. The first-order valence-electron chi connectivity index (χ1n) is 5.90. The average molecular weight is 273 g/mol. The summed E-state index contributed by atoms with van der Waals surface area (Å²) in [6.07, 6.45) is 0.222. The molecule has 0 spiro atoms. The molecule has 0 aromatic heterocycles. The summed E-state index contributed by atoms with van der Waals surface area (Å²) in [6.45, 7) is 2.31. The zero-order valence-corrected chi connectivity index (χ0v) is 11.3. The summed E-state index contributed by atoms with van der Waals surface area (Å²) in [5.41, 5.74) is 6.94. The normalized spacial score (nSPS) is 13.3. The van der Waals surface area contributed by atoms with E-state index in [0.29, 0.717) is 13.0 Å². The Morgan fingerprint density at radius 1 is 1.39 bits per heavy atom. The number of aliphatic hydroxyl groups is 1. The number of nitrogens with one attached hydrogen (secondary N) is 1. The fourth-order valence-corrected chi connectivity index (χ4v) is 1.61. The number of likely N-dealkylation sites (N-methyl/N-ethyl adjacent to an activating group) is 1. The number of aryl methyl sites for hydroxylation is 1. The van der Waals surface area contributed by atoms with Gasteiger partial charge >= 0.3 is 0 Å². The predicted octanol–water partition coefficient (Wildman–Crippen LogP) is 0.865. The number of halogens is 1. The SMILES string of the molecule is CCNC(=O)C(O)[C@@H](N)CCc1ccccc1.Cl. The summed E-state index contributed by atoms with van der Waals surface area (Å²) in [5, 5.41) is 12.2. The molecule has 1 amide bonds. The second kappa shape index (κ2) is 8.91. The van der Waals surface area contributed by atoms with Crippen LogP contribution in [0.15, 0.2) is 30.3 Å². The number of nitrogens with two attached hydrogens (primary N) is 1. The molecule has 0 aliphatic carbocycles. The lowest BCUT2D eigenvalue weighted by atomic mass is 10.0. The lowest BCUT2D eigenvalue weighted by Gasteiger charge is -2.17. The smallest absolute Gasteiger partial charge is 0.250 e. The van der Waals surface area contributed by atoms with Crippen LogP contribution in [-0.4, -0.2) is 29.7 Å². The molecule has 5 heteroatoms. The third-order valence-corrected chi connectivity index (χ3v) is 2.63. The Labute approximate surface area is 114 Å². The summed E-state index contributed by atoms with van der Waals surface area (Å²) in [5.74, 6) is -0.395. The monoisotopic (exact) mass is 272 g/mol. The summed E-state index contributed by atoms with van der Waals surface area (Å²) in [4.78, 5) is 11.4. The topological polar surface area (TPSA) is 75.3 Å². The predicted molar refractivity (Wildman–Crippen MR) is 74.7 cm³/mol. The highest BCUT2D eigenvalue weighted by atomic mass is 35.5. The van der Waals surface area contributed by atoms with E-state index in [0.717, 1.165) is 12.0 Å². The maximum absolute atomic E-state index is 11.4. The van der Waals surface area contributed by atoms with Crippen molar-refractivity contribution in [1.82, 2.24) is 5.32 Å². The van der Waals surface area contributed by atoms with E-state index in [9.17, 15) is 9.90 Å². The molecule has 1 aromatic carbocycles. The standard InChI is InChI=1S/C13H20N2O2.ClH/c1-2-15-13(17)12(16)11(14)9-8-10-6-4-3-5-7-10;/h3-7,11-12,16H,2,8-9,14H2,1H3,(H,15,17);1H/t11-,12?;/m0./s1. The number of carbonyl (C=O) groups is 1. The summed E-state index contributed by atoms with van der Waals surface area (Å²) in [7, 11) is 0. The van der Waals surface area contributed by atoms with Crippen LogP contribution in [0.25, 0.3) is 0 Å². The summed E-state index contributed by atoms with van der Waals surface area (Å²) < 4.78 is 0. The molecule has 0 radical (unpaired) electrons. The van der Waals surface area contributed by atoms with Crippen LogP contribution in [0.4, 0.5) is 0 Å². The summed E-state index contributed by atoms with van der Waals surface area (Å²) >= 11 is 0. The lowest BCUT2D eigenvalue weighted by molar-refractivity contribution is -0.130. The van der Waals surface area contributed by atoms with Gasteiger partial charge in [-0.25, -0.2) is 0 Å². The van der Waals surface area contributed by atoms with E-state index in [-0.39, 0.29) is 12.4 Å². The lowest BCUT2D eigenvalue weighted by Crippen LogP contribution is -2.46. The van der Waals surface area contributed by atoms with Crippen LogP contribution in [0.5, 0.6) is 0 Å². The third-order valence-electron chi connectivity index (χ3n) is 2.63. The van der Waals surface area contributed by atoms with Gasteiger partial charge in [-0.3, -0.25) is 4.79 Å². The number of benzene rings is 1. The fraction of sp³-hybridized carbons (Fsp3) is 0.462. The Balaban J connectivity index is 0.00000289. The molecule has 4 N–H and O–H groups in total. The van der Waals surface area contributed by atoms with Gasteiger partial charge in [0, 0.05) is 12.6 Å². The molecule has 1 unspecified atom stereocenters. The molecule has 102 valence electrons. The zero-order valence-electron chi connectivity index (χ0n) is 10.5. The van der Waals surface area contributed by atoms with Crippen LogP contribution in [-0.2, 0) is 11.2 Å². The largest absolute Gasteiger partial charge is 0.382 e. The second-order valence-corrected chi connectivity index (χ2v) is 4.03. The third kappa shape index (κ3) is 5.49. The zero-order chi connectivity index (χ0) is 12.7. The van der Waals surface area contributed by atoms with Crippen molar-refractivity contribution in [1.29, 1.82) is 0 Å². The summed E-state index contributed by atoms with van der Waals surface area (Å²) in [6, 6.07) is 9.35. The van der Waals surface area contributed by atoms with Crippen molar-refractivity contribution in [3.05, 3.63) is 35.9 Å². The fourth-order valence-electron chi connectivity index (χ4n) is 1.61. The van der Waals surface area contributed by atoms with E-state index in [1.54, 1.807) is 6.92 Å². The van der Waals surface area contributed by atoms with Crippen molar-refractivity contribution in [2.45, 2.75) is 31.9 Å². The Kier molecular flexibility index (Phi) is 8.37. The second-order valence-electron chi connectivity index (χ2n) is 4.03. The van der Waals surface area contributed by atoms with Crippen molar-refractivity contribution in [3.8, 4) is 0 Å². The molecular formula is C13H21ClN2O2. The Bertz CT molecular complexity index is 346. The number of carbonyl (C=O) groups excluding carboxylic acids is 1. The van der Waals surface area contributed by atoms with Gasteiger partial charge in [0.15, 0.2) is 0 Å². The van der Waals surface area contributed by atoms with E-state index in [4.69, 9.17) is 5.73 Å². The van der Waals surface area contributed by atoms with Crippen LogP contribution < -0.4 is 11.1 Å². The minimum absolute atomic E-state index is 0. The van der Waals surface area contributed by atoms with Gasteiger partial charge in [0.2, 0.25) is 5.91 Å². The molecule has 0 aliphatic heterocycles. The van der Waals surface area contributed by atoms with Crippen molar-refractivity contribution in [2.75, 3.05) is 6.54 Å². The van der Waals surface area contributed by atoms with Gasteiger partial charge < -0.3 is 16.2 Å².